The number of hydrogen-bond donors (Lipinski definition) is 1. The number of nitrogens with zero attached hydrogens (tertiary/aromatic N) is 2. The Balaban J connectivity index is 2.23. The zero-order valence-corrected chi connectivity index (χ0v) is 12.5. The molecule has 1 aliphatic carbocycles. The minimum Gasteiger partial charge on any atom is -0.339 e. The minimum absolute atomic E-state index is 0.00273. The molecule has 0 spiro atoms. The smallest absolute Gasteiger partial charge is 0.270 e. The van der Waals surface area contributed by atoms with Gasteiger partial charge in [-0.1, -0.05) is 11.6 Å². The summed E-state index contributed by atoms with van der Waals surface area (Å²) in [6.45, 7) is 4.59. The van der Waals surface area contributed by atoms with Crippen LogP contribution in [-0.4, -0.2) is 35.0 Å². The molecule has 1 unspecified atom stereocenters. The van der Waals surface area contributed by atoms with Crippen molar-refractivity contribution in [1.29, 1.82) is 0 Å². The van der Waals surface area contributed by atoms with Crippen LogP contribution in [0.15, 0.2) is 12.3 Å². The first kappa shape index (κ1) is 14.4. The Morgan fingerprint density at radius 3 is 2.68 bits per heavy atom. The predicted molar refractivity (Wildman–Crippen MR) is 77.5 cm³/mol. The zero-order valence-electron chi connectivity index (χ0n) is 11.8. The van der Waals surface area contributed by atoms with Crippen molar-refractivity contribution in [3.8, 4) is 0 Å². The van der Waals surface area contributed by atoms with Gasteiger partial charge in [0, 0.05) is 31.9 Å². The normalized spacial score (nSPS) is 16.7. The van der Waals surface area contributed by atoms with Gasteiger partial charge in [-0.2, -0.15) is 0 Å². The van der Waals surface area contributed by atoms with Crippen LogP contribution in [0.5, 0.6) is 0 Å². The van der Waals surface area contributed by atoms with Gasteiger partial charge in [0.25, 0.3) is 5.91 Å². The topological polar surface area (TPSA) is 51.3 Å². The van der Waals surface area contributed by atoms with Crippen LogP contribution in [0.3, 0.4) is 0 Å². The fourth-order valence-electron chi connectivity index (χ4n) is 2.52. The van der Waals surface area contributed by atoms with Crippen molar-refractivity contribution in [2.75, 3.05) is 13.6 Å². The Kier molecular flexibility index (Phi) is 4.21. The van der Waals surface area contributed by atoms with Gasteiger partial charge in [-0.05, 0) is 38.7 Å². The summed E-state index contributed by atoms with van der Waals surface area (Å²) in [6, 6.07) is 2.08. The highest BCUT2D eigenvalue weighted by atomic mass is 35.5. The minimum atomic E-state index is 0.00273. The average molecular weight is 284 g/mol. The van der Waals surface area contributed by atoms with Crippen LogP contribution in [0.2, 0.25) is 5.02 Å². The molecule has 0 aromatic carbocycles. The van der Waals surface area contributed by atoms with E-state index in [1.807, 2.05) is 31.7 Å². The van der Waals surface area contributed by atoms with Gasteiger partial charge in [0.1, 0.15) is 5.69 Å². The number of halogens is 1. The number of rotatable bonds is 5. The highest BCUT2D eigenvalue weighted by molar-refractivity contribution is 6.31. The summed E-state index contributed by atoms with van der Waals surface area (Å²) in [4.78, 5) is 14.4. The molecule has 2 rings (SSSR count). The van der Waals surface area contributed by atoms with Crippen LogP contribution >= 0.6 is 11.6 Å². The van der Waals surface area contributed by atoms with Crippen molar-refractivity contribution in [3.63, 3.8) is 0 Å². The number of hydrogen-bond acceptors (Lipinski definition) is 2. The Morgan fingerprint density at radius 2 is 2.21 bits per heavy atom. The SMILES string of the molecule is CC(C)n1cc(Cl)cc1C(=O)N(C)C(CN)C1CC1. The molecule has 1 atom stereocenters. The summed E-state index contributed by atoms with van der Waals surface area (Å²) in [5, 5.41) is 0.598. The van der Waals surface area contributed by atoms with Crippen LogP contribution < -0.4 is 5.73 Å². The van der Waals surface area contributed by atoms with E-state index < -0.39 is 0 Å². The Hall–Kier alpha value is -1.00. The monoisotopic (exact) mass is 283 g/mol. The van der Waals surface area contributed by atoms with Gasteiger partial charge in [0.05, 0.1) is 5.02 Å². The molecule has 0 aliphatic heterocycles. The Bertz CT molecular complexity index is 465. The second-order valence-electron chi connectivity index (χ2n) is 5.60. The first-order valence-corrected chi connectivity index (χ1v) is 7.18. The van der Waals surface area contributed by atoms with Gasteiger partial charge in [-0.15, -0.1) is 0 Å². The number of aromatic nitrogens is 1. The van der Waals surface area contributed by atoms with E-state index in [2.05, 4.69) is 0 Å². The molecular weight excluding hydrogens is 262 g/mol. The van der Waals surface area contributed by atoms with E-state index in [1.165, 1.54) is 12.8 Å². The van der Waals surface area contributed by atoms with E-state index >= 15 is 0 Å². The second kappa shape index (κ2) is 5.55. The molecule has 0 radical (unpaired) electrons. The Labute approximate surface area is 119 Å². The maximum Gasteiger partial charge on any atom is 0.270 e. The van der Waals surface area contributed by atoms with Crippen molar-refractivity contribution < 1.29 is 4.79 Å². The molecule has 1 saturated carbocycles. The number of carbonyl (C=O) groups is 1. The van der Waals surface area contributed by atoms with Crippen LogP contribution in [0.4, 0.5) is 0 Å². The fraction of sp³-hybridized carbons (Fsp3) is 0.643. The van der Waals surface area contributed by atoms with E-state index in [0.717, 1.165) is 0 Å². The molecule has 4 nitrogen and oxygen atoms in total. The summed E-state index contributed by atoms with van der Waals surface area (Å²) in [5.41, 5.74) is 6.45. The average Bonchev–Trinajstić information content (AvgIpc) is 3.10. The van der Waals surface area contributed by atoms with Gasteiger partial charge in [0.15, 0.2) is 0 Å². The summed E-state index contributed by atoms with van der Waals surface area (Å²) in [6.07, 6.45) is 4.15. The third-order valence-electron chi connectivity index (χ3n) is 3.82. The number of likely N-dealkylation sites (N-methyl/N-ethyl adjacent to an activating group) is 1. The molecule has 19 heavy (non-hydrogen) atoms. The molecule has 1 aliphatic rings. The van der Waals surface area contributed by atoms with E-state index in [-0.39, 0.29) is 18.0 Å². The van der Waals surface area contributed by atoms with Crippen LogP contribution in [0, 0.1) is 5.92 Å². The van der Waals surface area contributed by atoms with Gasteiger partial charge in [0.2, 0.25) is 0 Å². The van der Waals surface area contributed by atoms with Crippen LogP contribution in [-0.2, 0) is 0 Å². The second-order valence-corrected chi connectivity index (χ2v) is 6.04. The predicted octanol–water partition coefficient (Wildman–Crippen LogP) is 2.53. The van der Waals surface area contributed by atoms with Crippen LogP contribution in [0.25, 0.3) is 0 Å². The molecule has 1 aromatic rings. The van der Waals surface area contributed by atoms with Crippen molar-refractivity contribution in [2.24, 2.45) is 11.7 Å². The standard InChI is InChI=1S/C14H22ClN3O/c1-9(2)18-8-11(15)6-12(18)14(19)17(3)13(7-16)10-4-5-10/h6,8-10,13H,4-5,7,16H2,1-3H3. The largest absolute Gasteiger partial charge is 0.339 e. The van der Waals surface area contributed by atoms with E-state index in [0.29, 0.717) is 23.2 Å². The first-order valence-electron chi connectivity index (χ1n) is 6.80. The molecule has 0 saturated heterocycles. The molecule has 2 N–H and O–H groups in total. The number of nitrogens with two attached hydrogens (primary N) is 1. The third-order valence-corrected chi connectivity index (χ3v) is 4.02. The number of amides is 1. The van der Waals surface area contributed by atoms with E-state index in [9.17, 15) is 4.79 Å². The van der Waals surface area contributed by atoms with Gasteiger partial charge in [-0.25, -0.2) is 0 Å². The van der Waals surface area contributed by atoms with E-state index in [4.69, 9.17) is 17.3 Å². The lowest BCUT2D eigenvalue weighted by atomic mass is 10.1. The molecule has 5 heteroatoms. The molecule has 1 aromatic heterocycles. The summed E-state index contributed by atoms with van der Waals surface area (Å²) in [5.74, 6) is 0.569. The maximum atomic E-state index is 12.6. The molecule has 1 amide bonds. The number of carbonyl (C=O) groups excluding carboxylic acids is 1. The first-order chi connectivity index (χ1) is 8.95. The lowest BCUT2D eigenvalue weighted by molar-refractivity contribution is 0.0706. The quantitative estimate of drug-likeness (QED) is 0.903. The molecule has 1 heterocycles. The lowest BCUT2D eigenvalue weighted by Gasteiger charge is -2.28. The summed E-state index contributed by atoms with van der Waals surface area (Å²) >= 11 is 6.03. The highest BCUT2D eigenvalue weighted by Gasteiger charge is 2.35. The van der Waals surface area contributed by atoms with E-state index in [1.54, 1.807) is 11.0 Å². The highest BCUT2D eigenvalue weighted by Crippen LogP contribution is 2.35. The van der Waals surface area contributed by atoms with Gasteiger partial charge in [-0.3, -0.25) is 4.79 Å². The van der Waals surface area contributed by atoms with Crippen molar-refractivity contribution in [3.05, 3.63) is 23.0 Å². The lowest BCUT2D eigenvalue weighted by Crippen LogP contribution is -2.44. The maximum absolute atomic E-state index is 12.6. The molecule has 106 valence electrons. The summed E-state index contributed by atoms with van der Waals surface area (Å²) < 4.78 is 1.92. The molecular formula is C14H22ClN3O. The third kappa shape index (κ3) is 2.95. The zero-order chi connectivity index (χ0) is 14.2. The van der Waals surface area contributed by atoms with Crippen molar-refractivity contribution in [2.45, 2.75) is 38.8 Å². The van der Waals surface area contributed by atoms with Gasteiger partial charge >= 0.3 is 0 Å². The fourth-order valence-corrected chi connectivity index (χ4v) is 2.73. The summed E-state index contributed by atoms with van der Waals surface area (Å²) in [7, 11) is 1.84. The molecule has 1 fully saturated rings. The molecule has 0 bridgehead atoms. The van der Waals surface area contributed by atoms with Crippen LogP contribution in [0.1, 0.15) is 43.2 Å². The van der Waals surface area contributed by atoms with Gasteiger partial charge < -0.3 is 15.2 Å². The van der Waals surface area contributed by atoms with Crippen molar-refractivity contribution >= 4 is 17.5 Å². The van der Waals surface area contributed by atoms with Crippen molar-refractivity contribution in [1.82, 2.24) is 9.47 Å². The Morgan fingerprint density at radius 1 is 1.58 bits per heavy atom.